The average molecular weight is 259 g/mol. The molecule has 1 nitrogen and oxygen atoms in total. The topological polar surface area (TPSA) is 12.0 Å². The van der Waals surface area contributed by atoms with Gasteiger partial charge in [-0.1, -0.05) is 44.4 Å². The van der Waals surface area contributed by atoms with Crippen LogP contribution in [0.25, 0.3) is 0 Å². The van der Waals surface area contributed by atoms with Gasteiger partial charge in [0, 0.05) is 6.54 Å². The molecule has 0 spiro atoms. The summed E-state index contributed by atoms with van der Waals surface area (Å²) in [6.07, 6.45) is 0.398. The van der Waals surface area contributed by atoms with Crippen molar-refractivity contribution >= 4 is 0 Å². The van der Waals surface area contributed by atoms with Crippen molar-refractivity contribution in [2.75, 3.05) is 6.54 Å². The van der Waals surface area contributed by atoms with Crippen LogP contribution in [-0.4, -0.2) is 6.54 Å². The zero-order chi connectivity index (χ0) is 13.4. The number of unbranched alkanes of at least 4 members (excludes halogenated alkanes) is 3. The van der Waals surface area contributed by atoms with Gasteiger partial charge in [0.15, 0.2) is 0 Å². The highest BCUT2D eigenvalue weighted by Gasteiger charge is 2.30. The molecule has 1 rings (SSSR count). The maximum absolute atomic E-state index is 12.5. The van der Waals surface area contributed by atoms with Crippen molar-refractivity contribution in [3.63, 3.8) is 0 Å². The summed E-state index contributed by atoms with van der Waals surface area (Å²) in [5, 5.41) is 3.17. The molecule has 1 N–H and O–H groups in total. The highest BCUT2D eigenvalue weighted by atomic mass is 19.4. The van der Waals surface area contributed by atoms with E-state index in [1.165, 1.54) is 31.4 Å². The van der Waals surface area contributed by atoms with E-state index in [-0.39, 0.29) is 0 Å². The maximum Gasteiger partial charge on any atom is 0.416 e. The Bertz CT molecular complexity index is 347. The SMILES string of the molecule is CCCCCCNCc1cccc(C(F)(F)F)c1. The quantitative estimate of drug-likeness (QED) is 0.717. The summed E-state index contributed by atoms with van der Waals surface area (Å²) in [4.78, 5) is 0. The first-order chi connectivity index (χ1) is 8.54. The highest BCUT2D eigenvalue weighted by molar-refractivity contribution is 5.25. The van der Waals surface area contributed by atoms with Crippen LogP contribution in [0, 0.1) is 0 Å². The van der Waals surface area contributed by atoms with Gasteiger partial charge in [-0.3, -0.25) is 0 Å². The summed E-state index contributed by atoms with van der Waals surface area (Å²) >= 11 is 0. The molecule has 4 heteroatoms. The monoisotopic (exact) mass is 259 g/mol. The summed E-state index contributed by atoms with van der Waals surface area (Å²) in [5.41, 5.74) is 0.105. The van der Waals surface area contributed by atoms with Crippen molar-refractivity contribution < 1.29 is 13.2 Å². The fourth-order valence-electron chi connectivity index (χ4n) is 1.77. The van der Waals surface area contributed by atoms with E-state index in [9.17, 15) is 13.2 Å². The van der Waals surface area contributed by atoms with Gasteiger partial charge in [0.1, 0.15) is 0 Å². The minimum absolute atomic E-state index is 0.496. The first kappa shape index (κ1) is 15.0. The molecular weight excluding hydrogens is 239 g/mol. The van der Waals surface area contributed by atoms with E-state index in [0.717, 1.165) is 19.0 Å². The van der Waals surface area contributed by atoms with Gasteiger partial charge in [0.2, 0.25) is 0 Å². The maximum atomic E-state index is 12.5. The summed E-state index contributed by atoms with van der Waals surface area (Å²) in [6.45, 7) is 3.50. The molecule has 0 aliphatic carbocycles. The number of benzene rings is 1. The predicted molar refractivity (Wildman–Crippen MR) is 67.3 cm³/mol. The minimum atomic E-state index is -4.25. The molecule has 0 bridgehead atoms. The van der Waals surface area contributed by atoms with Crippen molar-refractivity contribution in [1.82, 2.24) is 5.32 Å². The van der Waals surface area contributed by atoms with E-state index in [4.69, 9.17) is 0 Å². The van der Waals surface area contributed by atoms with Crippen molar-refractivity contribution in [2.45, 2.75) is 45.3 Å². The molecule has 0 saturated heterocycles. The van der Waals surface area contributed by atoms with Crippen molar-refractivity contribution in [3.8, 4) is 0 Å². The van der Waals surface area contributed by atoms with Gasteiger partial charge >= 0.3 is 6.18 Å². The Morgan fingerprint density at radius 1 is 1.11 bits per heavy atom. The number of rotatable bonds is 7. The van der Waals surface area contributed by atoms with E-state index in [1.54, 1.807) is 6.07 Å². The van der Waals surface area contributed by atoms with Crippen molar-refractivity contribution in [1.29, 1.82) is 0 Å². The van der Waals surface area contributed by atoms with E-state index < -0.39 is 11.7 Å². The molecule has 1 aromatic rings. The van der Waals surface area contributed by atoms with Gasteiger partial charge in [-0.15, -0.1) is 0 Å². The van der Waals surface area contributed by atoms with Crippen LogP contribution in [-0.2, 0) is 12.7 Å². The average Bonchev–Trinajstić information content (AvgIpc) is 2.33. The van der Waals surface area contributed by atoms with E-state index >= 15 is 0 Å². The Hall–Kier alpha value is -1.03. The lowest BCUT2D eigenvalue weighted by molar-refractivity contribution is -0.137. The fourth-order valence-corrected chi connectivity index (χ4v) is 1.77. The lowest BCUT2D eigenvalue weighted by Gasteiger charge is -2.09. The first-order valence-electron chi connectivity index (χ1n) is 6.41. The third kappa shape index (κ3) is 5.54. The van der Waals surface area contributed by atoms with Crippen LogP contribution < -0.4 is 5.32 Å². The molecule has 0 amide bonds. The van der Waals surface area contributed by atoms with E-state index in [0.29, 0.717) is 12.1 Å². The van der Waals surface area contributed by atoms with E-state index in [1.807, 2.05) is 0 Å². The normalized spacial score (nSPS) is 11.8. The van der Waals surface area contributed by atoms with Crippen LogP contribution in [0.4, 0.5) is 13.2 Å². The Kier molecular flexibility index (Phi) is 6.19. The van der Waals surface area contributed by atoms with Crippen LogP contribution in [0.5, 0.6) is 0 Å². The molecule has 0 aromatic heterocycles. The summed E-state index contributed by atoms with van der Waals surface area (Å²) < 4.78 is 37.4. The molecule has 0 radical (unpaired) electrons. The molecule has 0 unspecified atom stereocenters. The van der Waals surface area contributed by atoms with Gasteiger partial charge < -0.3 is 5.32 Å². The second-order valence-electron chi connectivity index (χ2n) is 4.44. The molecule has 0 aliphatic rings. The van der Waals surface area contributed by atoms with Gasteiger partial charge in [-0.25, -0.2) is 0 Å². The van der Waals surface area contributed by atoms with Gasteiger partial charge in [-0.05, 0) is 24.6 Å². The second kappa shape index (κ2) is 7.41. The molecule has 102 valence electrons. The predicted octanol–water partition coefficient (Wildman–Crippen LogP) is 4.38. The lowest BCUT2D eigenvalue weighted by atomic mass is 10.1. The third-order valence-electron chi connectivity index (χ3n) is 2.79. The smallest absolute Gasteiger partial charge is 0.313 e. The third-order valence-corrected chi connectivity index (χ3v) is 2.79. The number of hydrogen-bond donors (Lipinski definition) is 1. The van der Waals surface area contributed by atoms with Crippen LogP contribution >= 0.6 is 0 Å². The lowest BCUT2D eigenvalue weighted by Crippen LogP contribution is -2.15. The summed E-state index contributed by atoms with van der Waals surface area (Å²) in [7, 11) is 0. The van der Waals surface area contributed by atoms with Crippen LogP contribution in [0.2, 0.25) is 0 Å². The van der Waals surface area contributed by atoms with Gasteiger partial charge in [0.05, 0.1) is 5.56 Å². The van der Waals surface area contributed by atoms with Gasteiger partial charge in [-0.2, -0.15) is 13.2 Å². The van der Waals surface area contributed by atoms with E-state index in [2.05, 4.69) is 12.2 Å². The standard InChI is InChI=1S/C14H20F3N/c1-2-3-4-5-9-18-11-12-7-6-8-13(10-12)14(15,16)17/h6-8,10,18H,2-5,9,11H2,1H3. The minimum Gasteiger partial charge on any atom is -0.313 e. The van der Waals surface area contributed by atoms with Crippen LogP contribution in [0.1, 0.15) is 43.7 Å². The zero-order valence-corrected chi connectivity index (χ0v) is 10.7. The molecule has 0 fully saturated rings. The van der Waals surface area contributed by atoms with Crippen molar-refractivity contribution in [3.05, 3.63) is 35.4 Å². The first-order valence-corrected chi connectivity index (χ1v) is 6.41. The van der Waals surface area contributed by atoms with Gasteiger partial charge in [0.25, 0.3) is 0 Å². The Balaban J connectivity index is 2.34. The van der Waals surface area contributed by atoms with Crippen LogP contribution in [0.15, 0.2) is 24.3 Å². The number of halogens is 3. The summed E-state index contributed by atoms with van der Waals surface area (Å²) in [6, 6.07) is 5.48. The molecule has 18 heavy (non-hydrogen) atoms. The number of hydrogen-bond acceptors (Lipinski definition) is 1. The second-order valence-corrected chi connectivity index (χ2v) is 4.44. The zero-order valence-electron chi connectivity index (χ0n) is 10.7. The molecule has 0 aliphatic heterocycles. The number of nitrogens with one attached hydrogen (secondary N) is 1. The summed E-state index contributed by atoms with van der Waals surface area (Å²) in [5.74, 6) is 0. The van der Waals surface area contributed by atoms with Crippen molar-refractivity contribution in [2.24, 2.45) is 0 Å². The molecule has 0 atom stereocenters. The highest BCUT2D eigenvalue weighted by Crippen LogP contribution is 2.29. The van der Waals surface area contributed by atoms with Crippen LogP contribution in [0.3, 0.4) is 0 Å². The molecule has 0 heterocycles. The molecule has 0 saturated carbocycles. The largest absolute Gasteiger partial charge is 0.416 e. The Morgan fingerprint density at radius 3 is 2.56 bits per heavy atom. The fraction of sp³-hybridized carbons (Fsp3) is 0.571. The number of alkyl halides is 3. The molecular formula is C14H20F3N. The molecule has 1 aromatic carbocycles. The Morgan fingerprint density at radius 2 is 1.89 bits per heavy atom. The Labute approximate surface area is 106 Å².